The summed E-state index contributed by atoms with van der Waals surface area (Å²) in [4.78, 5) is 0. The molecule has 0 saturated carbocycles. The summed E-state index contributed by atoms with van der Waals surface area (Å²) in [6, 6.07) is 0. The Morgan fingerprint density at radius 1 is 0.393 bits per heavy atom. The van der Waals surface area contributed by atoms with E-state index >= 15 is 0 Å². The van der Waals surface area contributed by atoms with Crippen LogP contribution in [-0.2, 0) is 0 Å². The number of hydrogen-bond donors (Lipinski definition) is 0. The van der Waals surface area contributed by atoms with Gasteiger partial charge in [0.15, 0.2) is 0 Å². The maximum Gasteiger partial charge on any atom is 0.438 e. The molecule has 1 atom stereocenters. The Bertz CT molecular complexity index is 543. The molecule has 0 radical (unpaired) electrons. The molecule has 1 unspecified atom stereocenters. The molecule has 0 aromatic rings. The van der Waals surface area contributed by atoms with E-state index in [4.69, 9.17) is 0 Å². The number of hydrogen-bond acceptors (Lipinski definition) is 0. The predicted molar refractivity (Wildman–Crippen MR) is 46.7 cm³/mol. The lowest BCUT2D eigenvalue weighted by Gasteiger charge is -2.43. The van der Waals surface area contributed by atoms with Gasteiger partial charge in [0.1, 0.15) is 0 Å². The van der Waals surface area contributed by atoms with E-state index in [0.29, 0.717) is 0 Å². The van der Waals surface area contributed by atoms with Gasteiger partial charge in [0.05, 0.1) is 0 Å². The van der Waals surface area contributed by atoms with E-state index in [9.17, 15) is 83.4 Å². The van der Waals surface area contributed by atoms with Crippen molar-refractivity contribution in [3.63, 3.8) is 0 Å². The second kappa shape index (κ2) is 6.33. The fraction of sp³-hybridized carbons (Fsp3) is 1.00. The molecule has 0 aromatic carbocycles. The third-order valence-corrected chi connectivity index (χ3v) is 3.03. The van der Waals surface area contributed by atoms with Crippen LogP contribution in [0.15, 0.2) is 0 Å². The van der Waals surface area contributed by atoms with E-state index < -0.39 is 54.1 Å². The first-order valence-corrected chi connectivity index (χ1v) is 5.70. The zero-order valence-corrected chi connectivity index (χ0v) is 11.8. The minimum atomic E-state index is -8.89. The molecular weight excluding hydrogens is 469 g/mol. The quantitative estimate of drug-likeness (QED) is 0.417. The maximum absolute atomic E-state index is 13.1. The van der Waals surface area contributed by atoms with Crippen LogP contribution in [0, 0.1) is 0 Å². The molecule has 19 heteroatoms. The first kappa shape index (κ1) is 26.7. The topological polar surface area (TPSA) is 0 Å². The summed E-state index contributed by atoms with van der Waals surface area (Å²) >= 11 is 0. The minimum Gasteiger partial charge on any atom is -0.230 e. The van der Waals surface area contributed by atoms with Crippen LogP contribution in [0.3, 0.4) is 0 Å². The van der Waals surface area contributed by atoms with E-state index in [1.54, 1.807) is 0 Å². The maximum atomic E-state index is 13.1. The lowest BCUT2D eigenvalue weighted by atomic mass is 9.85. The van der Waals surface area contributed by atoms with Gasteiger partial charge in [-0.1, -0.05) is 0 Å². The summed E-state index contributed by atoms with van der Waals surface area (Å²) in [5.74, 6) is -34.4. The number of alkyl halides is 19. The third kappa shape index (κ3) is 3.30. The number of halogens is 19. The smallest absolute Gasteiger partial charge is 0.230 e. The van der Waals surface area contributed by atoms with E-state index in [-0.39, 0.29) is 0 Å². The molecule has 170 valence electrons. The Hall–Kier alpha value is -1.33. The predicted octanol–water partition coefficient (Wildman–Crippen LogP) is 6.26. The average molecular weight is 470 g/mol. The van der Waals surface area contributed by atoms with Crippen molar-refractivity contribution in [3.8, 4) is 0 Å². The Labute approximate surface area is 139 Å². The SMILES string of the molecule is FC(C(F)(F)F)C(F)(F)C(F)(F)C(F)(F)C(F)(F)C(F)(C(F)(F)F)C(F)(F)F. The molecule has 0 aromatic heterocycles. The van der Waals surface area contributed by atoms with Crippen LogP contribution in [0.4, 0.5) is 83.4 Å². The van der Waals surface area contributed by atoms with Crippen molar-refractivity contribution in [2.75, 3.05) is 0 Å². The second-order valence-electron chi connectivity index (χ2n) is 4.90. The van der Waals surface area contributed by atoms with Gasteiger partial charge in [0, 0.05) is 0 Å². The molecule has 0 heterocycles. The van der Waals surface area contributed by atoms with Crippen LogP contribution >= 0.6 is 0 Å². The summed E-state index contributed by atoms with van der Waals surface area (Å²) in [6.45, 7) is 0. The van der Waals surface area contributed by atoms with Crippen molar-refractivity contribution >= 4 is 0 Å². The lowest BCUT2D eigenvalue weighted by molar-refractivity contribution is -0.462. The first-order valence-electron chi connectivity index (χ1n) is 5.70. The van der Waals surface area contributed by atoms with Crippen molar-refractivity contribution in [2.24, 2.45) is 0 Å². The zero-order chi connectivity index (χ0) is 23.6. The monoisotopic (exact) mass is 470 g/mol. The summed E-state index contributed by atoms with van der Waals surface area (Å²) in [5.41, 5.74) is -8.65. The summed E-state index contributed by atoms with van der Waals surface area (Å²) < 4.78 is 237. The summed E-state index contributed by atoms with van der Waals surface area (Å²) in [5, 5.41) is 0. The van der Waals surface area contributed by atoms with Crippen LogP contribution in [0.1, 0.15) is 0 Å². The van der Waals surface area contributed by atoms with E-state index in [2.05, 4.69) is 0 Å². The van der Waals surface area contributed by atoms with Gasteiger partial charge in [-0.3, -0.25) is 0 Å². The molecule has 0 aliphatic rings. The normalized spacial score (nSPS) is 17.7. The lowest BCUT2D eigenvalue weighted by Crippen LogP contribution is -2.76. The van der Waals surface area contributed by atoms with Gasteiger partial charge < -0.3 is 0 Å². The number of rotatable bonds is 5. The van der Waals surface area contributed by atoms with Gasteiger partial charge in [-0.05, 0) is 0 Å². The van der Waals surface area contributed by atoms with Gasteiger partial charge in [0.25, 0.3) is 6.17 Å². The highest BCUT2D eigenvalue weighted by Gasteiger charge is 2.96. The van der Waals surface area contributed by atoms with Gasteiger partial charge >= 0.3 is 47.9 Å². The van der Waals surface area contributed by atoms with E-state index in [0.717, 1.165) is 0 Å². The molecule has 0 amide bonds. The molecule has 0 spiro atoms. The van der Waals surface area contributed by atoms with Gasteiger partial charge in [-0.2, -0.15) is 74.6 Å². The molecule has 0 fully saturated rings. The van der Waals surface area contributed by atoms with Crippen LogP contribution in [0.25, 0.3) is 0 Å². The second-order valence-corrected chi connectivity index (χ2v) is 4.90. The molecule has 0 aliphatic carbocycles. The Balaban J connectivity index is 6.86. The molecule has 0 bridgehead atoms. The minimum absolute atomic E-state index is 6.47. The molecule has 28 heavy (non-hydrogen) atoms. The van der Waals surface area contributed by atoms with Crippen molar-refractivity contribution in [2.45, 2.75) is 54.1 Å². The Kier molecular flexibility index (Phi) is 6.03. The summed E-state index contributed by atoms with van der Waals surface area (Å²) in [7, 11) is 0. The summed E-state index contributed by atoms with van der Waals surface area (Å²) in [6.07, 6.45) is -30.1. The van der Waals surface area contributed by atoms with Gasteiger partial charge in [-0.25, -0.2) is 8.78 Å². The standard InChI is InChI=1S/C9HF19/c10-1(3(13,14)15)2(11,12)5(17,18)7(21,22)6(19,20)4(16,8(23,24)25)9(26,27)28/h1H. The third-order valence-electron chi connectivity index (χ3n) is 3.03. The van der Waals surface area contributed by atoms with Crippen LogP contribution in [0.2, 0.25) is 0 Å². The van der Waals surface area contributed by atoms with Crippen molar-refractivity contribution in [1.29, 1.82) is 0 Å². The molecular formula is C9HF19. The fourth-order valence-electron chi connectivity index (χ4n) is 1.50. The van der Waals surface area contributed by atoms with Gasteiger partial charge in [-0.15, -0.1) is 0 Å². The molecule has 0 rings (SSSR count). The Morgan fingerprint density at radius 2 is 0.679 bits per heavy atom. The van der Waals surface area contributed by atoms with Crippen molar-refractivity contribution in [3.05, 3.63) is 0 Å². The Morgan fingerprint density at radius 3 is 0.893 bits per heavy atom. The van der Waals surface area contributed by atoms with Crippen LogP contribution in [0.5, 0.6) is 0 Å². The zero-order valence-electron chi connectivity index (χ0n) is 11.8. The highest BCUT2D eigenvalue weighted by molar-refractivity contribution is 5.17. The van der Waals surface area contributed by atoms with Gasteiger partial charge in [0.2, 0.25) is 0 Å². The van der Waals surface area contributed by atoms with E-state index in [1.807, 2.05) is 0 Å². The fourth-order valence-corrected chi connectivity index (χ4v) is 1.50. The highest BCUT2D eigenvalue weighted by Crippen LogP contribution is 2.64. The van der Waals surface area contributed by atoms with Crippen molar-refractivity contribution in [1.82, 2.24) is 0 Å². The largest absolute Gasteiger partial charge is 0.438 e. The highest BCUT2D eigenvalue weighted by atomic mass is 19.4. The molecule has 0 N–H and O–H groups in total. The molecule has 0 nitrogen and oxygen atoms in total. The van der Waals surface area contributed by atoms with E-state index in [1.165, 1.54) is 0 Å². The molecule has 0 saturated heterocycles. The molecule has 0 aliphatic heterocycles. The first-order chi connectivity index (χ1) is 11.7. The average Bonchev–Trinajstić information content (AvgIpc) is 2.41. The van der Waals surface area contributed by atoms with Crippen LogP contribution < -0.4 is 0 Å². The van der Waals surface area contributed by atoms with Crippen LogP contribution in [-0.4, -0.2) is 54.1 Å². The van der Waals surface area contributed by atoms with Crippen molar-refractivity contribution < 1.29 is 83.4 Å².